The lowest BCUT2D eigenvalue weighted by Crippen LogP contribution is -2.36. The Morgan fingerprint density at radius 2 is 1.71 bits per heavy atom. The number of aromatic nitrogens is 1. The molecule has 0 unspecified atom stereocenters. The molecule has 0 bridgehead atoms. The minimum absolute atomic E-state index is 0.0187. The van der Waals surface area contributed by atoms with Crippen molar-refractivity contribution in [3.8, 4) is 17.0 Å². The molecule has 2 aromatic carbocycles. The van der Waals surface area contributed by atoms with Gasteiger partial charge in [0.1, 0.15) is 17.1 Å². The lowest BCUT2D eigenvalue weighted by atomic mass is 10.1. The van der Waals surface area contributed by atoms with Crippen LogP contribution in [0.3, 0.4) is 0 Å². The summed E-state index contributed by atoms with van der Waals surface area (Å²) in [7, 11) is -2.23. The maximum Gasteiger partial charge on any atom is 0.244 e. The Labute approximate surface area is 211 Å². The Morgan fingerprint density at radius 1 is 1.06 bits per heavy atom. The van der Waals surface area contributed by atoms with Crippen molar-refractivity contribution in [2.45, 2.75) is 50.4 Å². The number of ether oxygens (including phenoxy) is 2. The lowest BCUT2D eigenvalue weighted by Gasteiger charge is -2.18. The number of nitrogens with one attached hydrogen (secondary N) is 1. The first-order chi connectivity index (χ1) is 16.6. The van der Waals surface area contributed by atoms with Gasteiger partial charge in [0.05, 0.1) is 17.2 Å². The summed E-state index contributed by atoms with van der Waals surface area (Å²) in [5.74, 6) is 0.168. The van der Waals surface area contributed by atoms with Gasteiger partial charge in [-0.05, 0) is 62.6 Å². The van der Waals surface area contributed by atoms with E-state index in [0.717, 1.165) is 16.9 Å². The molecule has 0 saturated carbocycles. The lowest BCUT2D eigenvalue weighted by molar-refractivity contribution is -0.116. The molecule has 35 heavy (non-hydrogen) atoms. The standard InChI is InChI=1S/C26H32N2O5S2/c1-17(2)14-24(35(30,31)22-12-6-18(3)7-13-22)25(29)28-26-27-23(16-34-26)20-8-10-21(11-9-20)33-19(4)15-32-5/h6-13,16-17,19,24H,14-15H2,1-5H3,(H,27,28,29)/t19-,24-/m0/s1. The first kappa shape index (κ1) is 26.8. The van der Waals surface area contributed by atoms with Gasteiger partial charge in [0.15, 0.2) is 15.0 Å². The van der Waals surface area contributed by atoms with Gasteiger partial charge in [-0.2, -0.15) is 0 Å². The number of carbonyl (C=O) groups is 1. The maximum atomic E-state index is 13.3. The summed E-state index contributed by atoms with van der Waals surface area (Å²) < 4.78 is 37.4. The van der Waals surface area contributed by atoms with E-state index >= 15 is 0 Å². The van der Waals surface area contributed by atoms with Gasteiger partial charge in [0.2, 0.25) is 5.91 Å². The fourth-order valence-electron chi connectivity index (χ4n) is 3.55. The highest BCUT2D eigenvalue weighted by atomic mass is 32.2. The largest absolute Gasteiger partial charge is 0.488 e. The Kier molecular flexibility index (Phi) is 9.04. The Bertz CT molecular complexity index is 1220. The zero-order valence-corrected chi connectivity index (χ0v) is 22.3. The summed E-state index contributed by atoms with van der Waals surface area (Å²) in [6.45, 7) is 8.11. The summed E-state index contributed by atoms with van der Waals surface area (Å²) in [6, 6.07) is 14.1. The van der Waals surface area contributed by atoms with E-state index in [0.29, 0.717) is 17.4 Å². The Hall–Kier alpha value is -2.75. The molecule has 188 valence electrons. The maximum absolute atomic E-state index is 13.3. The number of rotatable bonds is 11. The number of benzene rings is 2. The number of hydrogen-bond donors (Lipinski definition) is 1. The minimum atomic E-state index is -3.85. The van der Waals surface area contributed by atoms with Crippen molar-refractivity contribution < 1.29 is 22.7 Å². The van der Waals surface area contributed by atoms with Crippen molar-refractivity contribution >= 4 is 32.2 Å². The average molecular weight is 517 g/mol. The van der Waals surface area contributed by atoms with Crippen molar-refractivity contribution in [1.29, 1.82) is 0 Å². The molecule has 1 amide bonds. The molecule has 1 N–H and O–H groups in total. The van der Waals surface area contributed by atoms with Crippen molar-refractivity contribution in [2.75, 3.05) is 19.0 Å². The fourth-order valence-corrected chi connectivity index (χ4v) is 6.10. The van der Waals surface area contributed by atoms with Crippen LogP contribution in [0.1, 0.15) is 32.8 Å². The van der Waals surface area contributed by atoms with Crippen molar-refractivity contribution in [2.24, 2.45) is 5.92 Å². The van der Waals surface area contributed by atoms with E-state index in [4.69, 9.17) is 9.47 Å². The molecule has 3 rings (SSSR count). The molecule has 0 aliphatic heterocycles. The van der Waals surface area contributed by atoms with Crippen molar-refractivity contribution in [1.82, 2.24) is 4.98 Å². The summed E-state index contributed by atoms with van der Waals surface area (Å²) in [4.78, 5) is 17.8. The van der Waals surface area contributed by atoms with Crippen LogP contribution >= 0.6 is 11.3 Å². The Balaban J connectivity index is 1.75. The van der Waals surface area contributed by atoms with Crippen LogP contribution in [0.15, 0.2) is 58.8 Å². The van der Waals surface area contributed by atoms with E-state index < -0.39 is 21.0 Å². The van der Waals surface area contributed by atoms with Crippen LogP contribution in [0.2, 0.25) is 0 Å². The van der Waals surface area contributed by atoms with Gasteiger partial charge in [-0.1, -0.05) is 31.5 Å². The highest BCUT2D eigenvalue weighted by molar-refractivity contribution is 7.92. The van der Waals surface area contributed by atoms with Gasteiger partial charge in [0, 0.05) is 18.1 Å². The van der Waals surface area contributed by atoms with Gasteiger partial charge in [-0.25, -0.2) is 13.4 Å². The van der Waals surface area contributed by atoms with E-state index in [1.165, 1.54) is 11.3 Å². The van der Waals surface area contributed by atoms with E-state index in [2.05, 4.69) is 10.3 Å². The van der Waals surface area contributed by atoms with Crippen molar-refractivity contribution in [3.05, 3.63) is 59.5 Å². The molecule has 0 radical (unpaired) electrons. The van der Waals surface area contributed by atoms with Crippen LogP contribution < -0.4 is 10.1 Å². The summed E-state index contributed by atoms with van der Waals surface area (Å²) in [5.41, 5.74) is 2.50. The molecule has 0 aliphatic carbocycles. The second-order valence-corrected chi connectivity index (χ2v) is 11.9. The second-order valence-electron chi connectivity index (χ2n) is 8.91. The molecular formula is C26H32N2O5S2. The minimum Gasteiger partial charge on any atom is -0.488 e. The summed E-state index contributed by atoms with van der Waals surface area (Å²) in [5, 5.41) is 3.70. The number of aryl methyl sites for hydroxylation is 1. The topological polar surface area (TPSA) is 94.6 Å². The molecule has 0 spiro atoms. The second kappa shape index (κ2) is 11.8. The number of hydrogen-bond acceptors (Lipinski definition) is 7. The molecule has 1 heterocycles. The molecule has 9 heteroatoms. The number of thiazole rings is 1. The molecule has 3 aromatic rings. The van der Waals surface area contributed by atoms with Crippen LogP contribution in [0.4, 0.5) is 5.13 Å². The van der Waals surface area contributed by atoms with Gasteiger partial charge in [0.25, 0.3) is 0 Å². The third-order valence-corrected chi connectivity index (χ3v) is 8.17. The van der Waals surface area contributed by atoms with Crippen LogP contribution in [0, 0.1) is 12.8 Å². The zero-order chi connectivity index (χ0) is 25.6. The highest BCUT2D eigenvalue weighted by Crippen LogP contribution is 2.28. The predicted molar refractivity (Wildman–Crippen MR) is 140 cm³/mol. The first-order valence-electron chi connectivity index (χ1n) is 11.4. The van der Waals surface area contributed by atoms with Gasteiger partial charge in [-0.3, -0.25) is 4.79 Å². The molecule has 0 fully saturated rings. The number of sulfone groups is 1. The first-order valence-corrected chi connectivity index (χ1v) is 13.9. The van der Waals surface area contributed by atoms with Crippen LogP contribution in [-0.4, -0.2) is 44.4 Å². The predicted octanol–water partition coefficient (Wildman–Crippen LogP) is 5.36. The number of nitrogens with zero attached hydrogens (tertiary/aromatic N) is 1. The van der Waals surface area contributed by atoms with Crippen LogP contribution in [0.5, 0.6) is 5.75 Å². The smallest absolute Gasteiger partial charge is 0.244 e. The molecular weight excluding hydrogens is 484 g/mol. The molecule has 7 nitrogen and oxygen atoms in total. The molecule has 2 atom stereocenters. The number of methoxy groups -OCH3 is 1. The van der Waals surface area contributed by atoms with Crippen molar-refractivity contribution in [3.63, 3.8) is 0 Å². The van der Waals surface area contributed by atoms with E-state index in [1.807, 2.05) is 57.3 Å². The van der Waals surface area contributed by atoms with Gasteiger partial charge < -0.3 is 14.8 Å². The number of amides is 1. The zero-order valence-electron chi connectivity index (χ0n) is 20.6. The van der Waals surface area contributed by atoms with Gasteiger partial charge >= 0.3 is 0 Å². The van der Waals surface area contributed by atoms with E-state index in [9.17, 15) is 13.2 Å². The average Bonchev–Trinajstić information content (AvgIpc) is 3.26. The van der Waals surface area contributed by atoms with E-state index in [1.54, 1.807) is 31.4 Å². The molecule has 1 aromatic heterocycles. The molecule has 0 saturated heterocycles. The summed E-state index contributed by atoms with van der Waals surface area (Å²) in [6.07, 6.45) is 0.144. The number of anilines is 1. The highest BCUT2D eigenvalue weighted by Gasteiger charge is 2.35. The quantitative estimate of drug-likeness (QED) is 0.369. The van der Waals surface area contributed by atoms with Crippen LogP contribution in [0.25, 0.3) is 11.3 Å². The van der Waals surface area contributed by atoms with E-state index in [-0.39, 0.29) is 23.3 Å². The third-order valence-electron chi connectivity index (χ3n) is 5.33. The SMILES string of the molecule is COC[C@H](C)Oc1ccc(-c2csc(NC(=O)[C@H](CC(C)C)S(=O)(=O)c3ccc(C)cc3)n2)cc1. The fraction of sp³-hybridized carbons (Fsp3) is 0.385. The van der Waals surface area contributed by atoms with Crippen LogP contribution in [-0.2, 0) is 19.4 Å². The normalized spacial score (nSPS) is 13.4. The summed E-state index contributed by atoms with van der Waals surface area (Å²) >= 11 is 1.25. The van der Waals surface area contributed by atoms with Gasteiger partial charge in [-0.15, -0.1) is 11.3 Å². The third kappa shape index (κ3) is 7.13. The number of carbonyl (C=O) groups excluding carboxylic acids is 1. The monoisotopic (exact) mass is 516 g/mol. The Morgan fingerprint density at radius 3 is 2.31 bits per heavy atom. The molecule has 0 aliphatic rings.